The van der Waals surface area contributed by atoms with Crippen molar-refractivity contribution in [3.8, 4) is 5.75 Å². The molecule has 0 saturated heterocycles. The third-order valence-corrected chi connectivity index (χ3v) is 6.38. The van der Waals surface area contributed by atoms with Crippen molar-refractivity contribution in [2.24, 2.45) is 5.92 Å². The number of carbonyl (C=O) groups excluding carboxylic acids is 1. The van der Waals surface area contributed by atoms with Crippen LogP contribution in [0.4, 0.5) is 17.1 Å². The molecule has 0 aromatic heterocycles. The van der Waals surface area contributed by atoms with Gasteiger partial charge in [-0.1, -0.05) is 68.5 Å². The number of benzene rings is 3. The number of hydrogen-bond acceptors (Lipinski definition) is 3. The first-order chi connectivity index (χ1) is 16.2. The molecule has 4 nitrogen and oxygen atoms in total. The highest BCUT2D eigenvalue weighted by Crippen LogP contribution is 2.28. The number of aryl methyl sites for hydroxylation is 1. The topological polar surface area (TPSA) is 50.4 Å². The Kier molecular flexibility index (Phi) is 8.02. The fraction of sp³-hybridized carbons (Fsp3) is 0.345. The van der Waals surface area contributed by atoms with E-state index in [9.17, 15) is 4.79 Å². The minimum Gasteiger partial charge on any atom is -0.489 e. The summed E-state index contributed by atoms with van der Waals surface area (Å²) in [6.45, 7) is 2.62. The molecule has 0 atom stereocenters. The van der Waals surface area contributed by atoms with E-state index in [2.05, 4.69) is 29.7 Å². The average molecular weight is 443 g/mol. The first-order valence-corrected chi connectivity index (χ1v) is 12.1. The van der Waals surface area contributed by atoms with E-state index in [4.69, 9.17) is 4.74 Å². The van der Waals surface area contributed by atoms with E-state index >= 15 is 0 Å². The van der Waals surface area contributed by atoms with Crippen LogP contribution in [0.1, 0.15) is 56.1 Å². The molecular weight excluding hydrogens is 408 g/mol. The number of anilines is 3. The van der Waals surface area contributed by atoms with Gasteiger partial charge in [-0.25, -0.2) is 0 Å². The van der Waals surface area contributed by atoms with Gasteiger partial charge in [-0.15, -0.1) is 0 Å². The van der Waals surface area contributed by atoms with E-state index in [0.29, 0.717) is 13.0 Å². The van der Waals surface area contributed by atoms with E-state index in [1.807, 2.05) is 60.7 Å². The molecule has 2 N–H and O–H groups in total. The van der Waals surface area contributed by atoms with Crippen molar-refractivity contribution < 1.29 is 9.53 Å². The Labute approximate surface area is 197 Å². The van der Waals surface area contributed by atoms with E-state index < -0.39 is 0 Å². The molecular formula is C29H34N2O2. The third kappa shape index (κ3) is 7.11. The molecule has 3 aromatic rings. The van der Waals surface area contributed by atoms with Crippen molar-refractivity contribution in [1.29, 1.82) is 0 Å². The second kappa shape index (κ2) is 11.6. The van der Waals surface area contributed by atoms with Gasteiger partial charge < -0.3 is 15.4 Å². The van der Waals surface area contributed by atoms with E-state index in [0.717, 1.165) is 46.3 Å². The Morgan fingerprint density at radius 1 is 0.909 bits per heavy atom. The largest absolute Gasteiger partial charge is 0.489 e. The summed E-state index contributed by atoms with van der Waals surface area (Å²) < 4.78 is 5.93. The maximum atomic E-state index is 12.4. The molecule has 33 heavy (non-hydrogen) atoms. The van der Waals surface area contributed by atoms with Crippen LogP contribution in [0.5, 0.6) is 5.75 Å². The van der Waals surface area contributed by atoms with Crippen LogP contribution in [0.25, 0.3) is 0 Å². The van der Waals surface area contributed by atoms with Crippen molar-refractivity contribution >= 4 is 23.0 Å². The summed E-state index contributed by atoms with van der Waals surface area (Å²) in [7, 11) is 0. The molecule has 1 amide bonds. The van der Waals surface area contributed by atoms with Crippen molar-refractivity contribution in [2.75, 3.05) is 10.6 Å². The fourth-order valence-electron chi connectivity index (χ4n) is 4.47. The molecule has 0 heterocycles. The van der Waals surface area contributed by atoms with Crippen LogP contribution in [0.3, 0.4) is 0 Å². The summed E-state index contributed by atoms with van der Waals surface area (Å²) in [6.07, 6.45) is 8.16. The molecule has 0 bridgehead atoms. The minimum absolute atomic E-state index is 0.105. The lowest BCUT2D eigenvalue weighted by Gasteiger charge is -2.21. The molecule has 0 spiro atoms. The van der Waals surface area contributed by atoms with Crippen LogP contribution in [-0.4, -0.2) is 5.91 Å². The van der Waals surface area contributed by atoms with Gasteiger partial charge in [0.15, 0.2) is 0 Å². The number of nitrogens with one attached hydrogen (secondary N) is 2. The SMILES string of the molecule is Cc1cc(OCc2ccccc2)ccc1Nc1cccc(NC(=O)CCC2CCCCC2)c1. The average Bonchev–Trinajstić information content (AvgIpc) is 2.84. The molecule has 3 aromatic carbocycles. The Hall–Kier alpha value is -3.27. The molecule has 4 heteroatoms. The van der Waals surface area contributed by atoms with Gasteiger partial charge in [0.25, 0.3) is 0 Å². The highest BCUT2D eigenvalue weighted by molar-refractivity contribution is 5.91. The zero-order chi connectivity index (χ0) is 22.9. The molecule has 1 aliphatic rings. The zero-order valence-corrected chi connectivity index (χ0v) is 19.5. The van der Waals surface area contributed by atoms with Gasteiger partial charge in [0, 0.05) is 23.5 Å². The normalized spacial score (nSPS) is 14.0. The smallest absolute Gasteiger partial charge is 0.224 e. The van der Waals surface area contributed by atoms with Crippen molar-refractivity contribution in [3.63, 3.8) is 0 Å². The van der Waals surface area contributed by atoms with Crippen molar-refractivity contribution in [1.82, 2.24) is 0 Å². The van der Waals surface area contributed by atoms with Crippen molar-refractivity contribution in [2.45, 2.75) is 58.5 Å². The second-order valence-corrected chi connectivity index (χ2v) is 9.05. The van der Waals surface area contributed by atoms with E-state index in [1.165, 1.54) is 32.1 Å². The summed E-state index contributed by atoms with van der Waals surface area (Å²) in [5.41, 5.74) is 5.04. The Morgan fingerprint density at radius 2 is 1.70 bits per heavy atom. The van der Waals surface area contributed by atoms with E-state index in [1.54, 1.807) is 0 Å². The number of ether oxygens (including phenoxy) is 1. The number of hydrogen-bond donors (Lipinski definition) is 2. The zero-order valence-electron chi connectivity index (χ0n) is 19.5. The predicted octanol–water partition coefficient (Wildman–Crippen LogP) is 7.62. The van der Waals surface area contributed by atoms with Crippen LogP contribution in [0, 0.1) is 12.8 Å². The summed E-state index contributed by atoms with van der Waals surface area (Å²) in [6, 6.07) is 24.1. The Balaban J connectivity index is 1.30. The first kappa shape index (κ1) is 22.9. The summed E-state index contributed by atoms with van der Waals surface area (Å²) >= 11 is 0. The van der Waals surface area contributed by atoms with Crippen LogP contribution >= 0.6 is 0 Å². The molecule has 4 rings (SSSR count). The second-order valence-electron chi connectivity index (χ2n) is 9.05. The fourth-order valence-corrected chi connectivity index (χ4v) is 4.47. The van der Waals surface area contributed by atoms with Crippen LogP contribution in [0.15, 0.2) is 72.8 Å². The number of amides is 1. The Morgan fingerprint density at radius 3 is 2.48 bits per heavy atom. The molecule has 0 unspecified atom stereocenters. The van der Waals surface area contributed by atoms with Gasteiger partial charge in [-0.2, -0.15) is 0 Å². The van der Waals surface area contributed by atoms with Crippen molar-refractivity contribution in [3.05, 3.63) is 83.9 Å². The summed E-state index contributed by atoms with van der Waals surface area (Å²) in [4.78, 5) is 12.4. The van der Waals surface area contributed by atoms with E-state index in [-0.39, 0.29) is 5.91 Å². The van der Waals surface area contributed by atoms with Gasteiger partial charge in [0.05, 0.1) is 0 Å². The Bertz CT molecular complexity index is 1040. The van der Waals surface area contributed by atoms with Gasteiger partial charge in [-0.05, 0) is 66.8 Å². The molecule has 1 fully saturated rings. The standard InChI is InChI=1S/C29H34N2O2/c1-22-19-27(33-21-24-11-6-3-7-12-24)16-17-28(22)30-25-13-8-14-26(20-25)31-29(32)18-15-23-9-4-2-5-10-23/h3,6-8,11-14,16-17,19-20,23,30H,2,4-5,9-10,15,18,21H2,1H3,(H,31,32). The molecule has 172 valence electrons. The lowest BCUT2D eigenvalue weighted by molar-refractivity contribution is -0.116. The molecule has 0 radical (unpaired) electrons. The van der Waals surface area contributed by atoms with Crippen LogP contribution < -0.4 is 15.4 Å². The van der Waals surface area contributed by atoms with Gasteiger partial charge in [-0.3, -0.25) is 4.79 Å². The lowest BCUT2D eigenvalue weighted by atomic mass is 9.86. The summed E-state index contributed by atoms with van der Waals surface area (Å²) in [5.74, 6) is 1.68. The minimum atomic E-state index is 0.105. The van der Waals surface area contributed by atoms with Gasteiger partial charge in [0.1, 0.15) is 12.4 Å². The predicted molar refractivity (Wildman–Crippen MR) is 136 cm³/mol. The number of rotatable bonds is 9. The third-order valence-electron chi connectivity index (χ3n) is 6.38. The first-order valence-electron chi connectivity index (χ1n) is 12.1. The maximum absolute atomic E-state index is 12.4. The van der Waals surface area contributed by atoms with Gasteiger partial charge in [0.2, 0.25) is 5.91 Å². The lowest BCUT2D eigenvalue weighted by Crippen LogP contribution is -2.14. The van der Waals surface area contributed by atoms with Crippen LogP contribution in [0.2, 0.25) is 0 Å². The molecule has 1 aliphatic carbocycles. The molecule has 1 saturated carbocycles. The number of carbonyl (C=O) groups is 1. The maximum Gasteiger partial charge on any atom is 0.224 e. The highest BCUT2D eigenvalue weighted by atomic mass is 16.5. The summed E-state index contributed by atoms with van der Waals surface area (Å²) in [5, 5.41) is 6.53. The van der Waals surface area contributed by atoms with Gasteiger partial charge >= 0.3 is 0 Å². The highest BCUT2D eigenvalue weighted by Gasteiger charge is 2.15. The quantitative estimate of drug-likeness (QED) is 0.358. The van der Waals surface area contributed by atoms with Crippen LogP contribution in [-0.2, 0) is 11.4 Å². The molecule has 0 aliphatic heterocycles. The monoisotopic (exact) mass is 442 g/mol.